The number of aliphatic hydroxyl groups excluding tert-OH is 1. The van der Waals surface area contributed by atoms with Gasteiger partial charge in [0.2, 0.25) is 5.95 Å². The maximum atomic E-state index is 10.6. The van der Waals surface area contributed by atoms with Crippen LogP contribution in [0, 0.1) is 3.57 Å². The van der Waals surface area contributed by atoms with Crippen LogP contribution in [0.2, 0.25) is 0 Å². The summed E-state index contributed by atoms with van der Waals surface area (Å²) < 4.78 is 34.9. The lowest BCUT2D eigenvalue weighted by atomic mass is 10.1. The van der Waals surface area contributed by atoms with E-state index in [1.807, 2.05) is 25.4 Å². The standard InChI is InChI=1S/C13H14IN5O.C2HF3O2/c1-19-4-2-7-10-9(6-8(14)11(7)19)17-13(15)18-12(10)16-3-5-20;3-2(4,5)1(6)7/h2,4,6,20H,3,5H2,1H3,(H3,15,16,17,18);(H,6,7). The molecule has 8 nitrogen and oxygen atoms in total. The number of nitrogens with one attached hydrogen (secondary N) is 1. The van der Waals surface area contributed by atoms with Gasteiger partial charge in [0.1, 0.15) is 5.82 Å². The average molecular weight is 497 g/mol. The van der Waals surface area contributed by atoms with Gasteiger partial charge in [0, 0.05) is 28.7 Å². The Morgan fingerprint density at radius 1 is 1.41 bits per heavy atom. The van der Waals surface area contributed by atoms with Gasteiger partial charge in [0.05, 0.1) is 23.0 Å². The lowest BCUT2D eigenvalue weighted by Gasteiger charge is -2.11. The van der Waals surface area contributed by atoms with Crippen LogP contribution in [0.25, 0.3) is 21.8 Å². The van der Waals surface area contributed by atoms with Crippen molar-refractivity contribution in [2.24, 2.45) is 7.05 Å². The largest absolute Gasteiger partial charge is 0.490 e. The molecule has 0 bridgehead atoms. The zero-order chi connectivity index (χ0) is 20.4. The van der Waals surface area contributed by atoms with Crippen molar-refractivity contribution in [3.05, 3.63) is 21.9 Å². The summed E-state index contributed by atoms with van der Waals surface area (Å²) in [5.74, 6) is -1.87. The van der Waals surface area contributed by atoms with E-state index in [0.29, 0.717) is 12.4 Å². The molecule has 0 unspecified atom stereocenters. The second-order valence-electron chi connectivity index (χ2n) is 5.33. The molecule has 3 rings (SSSR count). The normalized spacial score (nSPS) is 11.3. The lowest BCUT2D eigenvalue weighted by Crippen LogP contribution is -2.21. The Kier molecular flexibility index (Phi) is 6.30. The first kappa shape index (κ1) is 21.0. The number of nitrogen functional groups attached to an aromatic ring is 1. The summed E-state index contributed by atoms with van der Waals surface area (Å²) in [5.41, 5.74) is 7.71. The molecule has 2 aromatic heterocycles. The number of halogens is 4. The van der Waals surface area contributed by atoms with E-state index in [1.54, 1.807) is 0 Å². The minimum atomic E-state index is -5.08. The summed E-state index contributed by atoms with van der Waals surface area (Å²) in [6.07, 6.45) is -3.07. The van der Waals surface area contributed by atoms with E-state index in [1.165, 1.54) is 0 Å². The number of aliphatic hydroxyl groups is 1. The molecule has 0 radical (unpaired) electrons. The van der Waals surface area contributed by atoms with Gasteiger partial charge in [-0.3, -0.25) is 0 Å². The Hall–Kier alpha value is -2.35. The number of hydrogen-bond donors (Lipinski definition) is 4. The number of alkyl halides is 3. The van der Waals surface area contributed by atoms with E-state index in [-0.39, 0.29) is 12.6 Å². The fraction of sp³-hybridized carbons (Fsp3) is 0.267. The Morgan fingerprint density at radius 2 is 2.04 bits per heavy atom. The number of aromatic nitrogens is 3. The lowest BCUT2D eigenvalue weighted by molar-refractivity contribution is -0.192. The highest BCUT2D eigenvalue weighted by Crippen LogP contribution is 2.33. The molecule has 0 atom stereocenters. The van der Waals surface area contributed by atoms with Gasteiger partial charge in [-0.05, 0) is 34.7 Å². The second-order valence-corrected chi connectivity index (χ2v) is 6.49. The molecule has 0 spiro atoms. The molecule has 0 saturated heterocycles. The molecule has 2 heterocycles. The molecule has 12 heteroatoms. The quantitative estimate of drug-likeness (QED) is 0.410. The molecule has 3 aromatic rings. The van der Waals surface area contributed by atoms with Crippen molar-refractivity contribution in [2.75, 3.05) is 24.2 Å². The van der Waals surface area contributed by atoms with Crippen molar-refractivity contribution in [3.8, 4) is 0 Å². The van der Waals surface area contributed by atoms with Crippen LogP contribution in [0.1, 0.15) is 0 Å². The van der Waals surface area contributed by atoms with Crippen LogP contribution in [0.5, 0.6) is 0 Å². The van der Waals surface area contributed by atoms with Crippen molar-refractivity contribution in [1.82, 2.24) is 14.5 Å². The maximum Gasteiger partial charge on any atom is 0.490 e. The summed E-state index contributed by atoms with van der Waals surface area (Å²) in [7, 11) is 2.01. The number of aryl methyl sites for hydroxylation is 1. The van der Waals surface area contributed by atoms with E-state index in [9.17, 15) is 13.2 Å². The minimum Gasteiger partial charge on any atom is -0.475 e. The molecule has 0 fully saturated rings. The summed E-state index contributed by atoms with van der Waals surface area (Å²) in [5, 5.41) is 21.2. The van der Waals surface area contributed by atoms with Gasteiger partial charge in [-0.2, -0.15) is 18.2 Å². The highest BCUT2D eigenvalue weighted by atomic mass is 127. The van der Waals surface area contributed by atoms with Gasteiger partial charge < -0.3 is 25.8 Å². The highest BCUT2D eigenvalue weighted by molar-refractivity contribution is 14.1. The molecule has 27 heavy (non-hydrogen) atoms. The smallest absolute Gasteiger partial charge is 0.475 e. The molecule has 0 aliphatic heterocycles. The fourth-order valence-corrected chi connectivity index (χ4v) is 3.35. The third-order valence-corrected chi connectivity index (χ3v) is 4.25. The number of rotatable bonds is 3. The SMILES string of the molecule is Cn1ccc2c3c(NCCO)nc(N)nc3cc(I)c21.O=C(O)C(F)(F)F. The van der Waals surface area contributed by atoms with Crippen molar-refractivity contribution < 1.29 is 28.2 Å². The summed E-state index contributed by atoms with van der Waals surface area (Å²) in [6.45, 7) is 0.458. The summed E-state index contributed by atoms with van der Waals surface area (Å²) in [6, 6.07) is 4.05. The Bertz CT molecular complexity index is 990. The molecule has 0 aliphatic rings. The van der Waals surface area contributed by atoms with Crippen LogP contribution in [0.15, 0.2) is 18.3 Å². The summed E-state index contributed by atoms with van der Waals surface area (Å²) in [4.78, 5) is 17.5. The minimum absolute atomic E-state index is 0.0354. The van der Waals surface area contributed by atoms with Crippen LogP contribution in [-0.4, -0.2) is 50.0 Å². The number of nitrogens with two attached hydrogens (primary N) is 1. The fourth-order valence-electron chi connectivity index (χ4n) is 2.39. The van der Waals surface area contributed by atoms with Crippen LogP contribution in [0.4, 0.5) is 24.9 Å². The van der Waals surface area contributed by atoms with Gasteiger partial charge in [-0.15, -0.1) is 0 Å². The number of anilines is 2. The average Bonchev–Trinajstić information content (AvgIpc) is 2.94. The van der Waals surface area contributed by atoms with Crippen molar-refractivity contribution in [1.29, 1.82) is 0 Å². The Balaban J connectivity index is 0.000000321. The zero-order valence-corrected chi connectivity index (χ0v) is 16.0. The predicted octanol–water partition coefficient (Wildman–Crippen LogP) is 2.35. The molecule has 5 N–H and O–H groups in total. The van der Waals surface area contributed by atoms with Gasteiger partial charge in [-0.1, -0.05) is 0 Å². The molecule has 146 valence electrons. The highest BCUT2D eigenvalue weighted by Gasteiger charge is 2.38. The number of fused-ring (bicyclic) bond motifs is 3. The zero-order valence-electron chi connectivity index (χ0n) is 13.9. The topological polar surface area (TPSA) is 126 Å². The molecular formula is C15H15F3IN5O3. The number of benzene rings is 1. The number of hydrogen-bond acceptors (Lipinski definition) is 6. The Morgan fingerprint density at radius 3 is 2.59 bits per heavy atom. The third kappa shape index (κ3) is 4.68. The van der Waals surface area contributed by atoms with Crippen molar-refractivity contribution in [3.63, 3.8) is 0 Å². The maximum absolute atomic E-state index is 10.6. The monoisotopic (exact) mass is 497 g/mol. The van der Waals surface area contributed by atoms with Gasteiger partial charge in [0.25, 0.3) is 0 Å². The number of nitrogens with zero attached hydrogens (tertiary/aromatic N) is 3. The molecule has 0 saturated carbocycles. The molecular weight excluding hydrogens is 482 g/mol. The second kappa shape index (κ2) is 8.12. The third-order valence-electron chi connectivity index (χ3n) is 3.43. The number of aliphatic carboxylic acids is 1. The molecule has 0 amide bonds. The van der Waals surface area contributed by atoms with E-state index in [0.717, 1.165) is 25.4 Å². The van der Waals surface area contributed by atoms with E-state index in [4.69, 9.17) is 20.7 Å². The van der Waals surface area contributed by atoms with Gasteiger partial charge in [0.15, 0.2) is 0 Å². The first-order valence-electron chi connectivity index (χ1n) is 7.41. The van der Waals surface area contributed by atoms with Crippen LogP contribution >= 0.6 is 22.6 Å². The number of carboxylic acid groups (broad SMARTS) is 1. The van der Waals surface area contributed by atoms with E-state index in [2.05, 4.69) is 42.4 Å². The van der Waals surface area contributed by atoms with Crippen LogP contribution in [-0.2, 0) is 11.8 Å². The first-order valence-corrected chi connectivity index (χ1v) is 8.49. The van der Waals surface area contributed by atoms with Crippen LogP contribution in [0.3, 0.4) is 0 Å². The van der Waals surface area contributed by atoms with Crippen molar-refractivity contribution >= 4 is 62.1 Å². The predicted molar refractivity (Wildman–Crippen MR) is 102 cm³/mol. The van der Waals surface area contributed by atoms with E-state index < -0.39 is 12.1 Å². The van der Waals surface area contributed by atoms with Gasteiger partial charge >= 0.3 is 12.1 Å². The number of carbonyl (C=O) groups is 1. The molecule has 1 aromatic carbocycles. The Labute approximate surface area is 164 Å². The molecule has 0 aliphatic carbocycles. The van der Waals surface area contributed by atoms with E-state index >= 15 is 0 Å². The van der Waals surface area contributed by atoms with Crippen molar-refractivity contribution in [2.45, 2.75) is 6.18 Å². The van der Waals surface area contributed by atoms with Crippen LogP contribution < -0.4 is 11.1 Å². The first-order chi connectivity index (χ1) is 12.6. The number of carboxylic acids is 1. The van der Waals surface area contributed by atoms with Gasteiger partial charge in [-0.25, -0.2) is 9.78 Å². The summed E-state index contributed by atoms with van der Waals surface area (Å²) >= 11 is 2.30.